The fraction of sp³-hybridized carbons (Fsp3) is 0.478. The second kappa shape index (κ2) is 11.7. The molecule has 0 aliphatic carbocycles. The van der Waals surface area contributed by atoms with Crippen molar-refractivity contribution < 1.29 is 41.9 Å². The third kappa shape index (κ3) is 9.02. The average molecular weight is 505 g/mol. The number of ether oxygens (including phenoxy) is 1. The summed E-state index contributed by atoms with van der Waals surface area (Å²) in [6, 6.07) is 9.75. The van der Waals surface area contributed by atoms with Crippen LogP contribution >= 0.6 is 7.82 Å². The Morgan fingerprint density at radius 3 is 2.38 bits per heavy atom. The lowest BCUT2D eigenvalue weighted by Gasteiger charge is -2.27. The first-order chi connectivity index (χ1) is 15.7. The highest BCUT2D eigenvalue weighted by Gasteiger charge is 2.35. The quantitative estimate of drug-likeness (QED) is 0.253. The summed E-state index contributed by atoms with van der Waals surface area (Å²) in [4.78, 5) is 17.6. The Morgan fingerprint density at radius 2 is 1.76 bits per heavy atom. The van der Waals surface area contributed by atoms with Gasteiger partial charge in [0.15, 0.2) is 0 Å². The molecule has 0 aliphatic heterocycles. The van der Waals surface area contributed by atoms with Crippen molar-refractivity contribution in [2.45, 2.75) is 51.2 Å². The van der Waals surface area contributed by atoms with Gasteiger partial charge in [0, 0.05) is 0 Å². The lowest BCUT2D eigenvalue weighted by molar-refractivity contribution is -0.139. The lowest BCUT2D eigenvalue weighted by Crippen LogP contribution is -2.48. The van der Waals surface area contributed by atoms with Crippen LogP contribution in [0.5, 0.6) is 5.75 Å². The molecule has 2 rings (SSSR count). The number of halogens is 3. The number of hydrogen-bond acceptors (Lipinski definition) is 5. The van der Waals surface area contributed by atoms with Gasteiger partial charge in [0.1, 0.15) is 5.75 Å². The maximum atomic E-state index is 13.6. The van der Waals surface area contributed by atoms with Crippen LogP contribution in [0.3, 0.4) is 0 Å². The van der Waals surface area contributed by atoms with Crippen LogP contribution in [0.4, 0.5) is 13.2 Å². The van der Waals surface area contributed by atoms with Gasteiger partial charge in [-0.1, -0.05) is 29.8 Å². The average Bonchev–Trinajstić information content (AvgIpc) is 2.75. The standard InChI is InChI=1S/C23H31F3NO6P/c1-16-5-6-17(2)19(12-16)4-3-11-32-21-8-7-18(13-20(21)23(24,25)26)9-10-22(27,14-28)15-33-34(29,30)31/h5-8,12-13,28H,3-4,9-11,14-15,27H2,1-2H3,(H2,29,30,31). The van der Waals surface area contributed by atoms with E-state index in [2.05, 4.69) is 10.6 Å². The molecule has 0 heterocycles. The van der Waals surface area contributed by atoms with Crippen LogP contribution in [0.1, 0.15) is 40.7 Å². The Hall–Kier alpha value is -1.94. The number of aliphatic hydroxyl groups is 1. The maximum Gasteiger partial charge on any atom is 0.469 e. The molecule has 190 valence electrons. The van der Waals surface area contributed by atoms with Crippen molar-refractivity contribution in [1.82, 2.24) is 0 Å². The van der Waals surface area contributed by atoms with Gasteiger partial charge in [-0.2, -0.15) is 13.2 Å². The molecule has 0 spiro atoms. The topological polar surface area (TPSA) is 122 Å². The first kappa shape index (κ1) is 28.3. The van der Waals surface area contributed by atoms with E-state index in [1.54, 1.807) is 0 Å². The van der Waals surface area contributed by atoms with E-state index in [4.69, 9.17) is 20.3 Å². The highest BCUT2D eigenvalue weighted by atomic mass is 31.2. The fourth-order valence-electron chi connectivity index (χ4n) is 3.40. The van der Waals surface area contributed by atoms with Crippen LogP contribution in [-0.2, 0) is 28.1 Å². The van der Waals surface area contributed by atoms with Crippen LogP contribution in [0.15, 0.2) is 36.4 Å². The summed E-state index contributed by atoms with van der Waals surface area (Å²) in [7, 11) is -4.80. The fourth-order valence-corrected chi connectivity index (χ4v) is 3.82. The van der Waals surface area contributed by atoms with Gasteiger partial charge >= 0.3 is 14.0 Å². The molecule has 0 aliphatic rings. The second-order valence-corrected chi connectivity index (χ2v) is 9.73. The Balaban J connectivity index is 2.04. The van der Waals surface area contributed by atoms with Gasteiger partial charge in [-0.15, -0.1) is 0 Å². The molecule has 7 nitrogen and oxygen atoms in total. The van der Waals surface area contributed by atoms with Gasteiger partial charge in [-0.3, -0.25) is 4.52 Å². The SMILES string of the molecule is Cc1ccc(C)c(CCCOc2ccc(CCC(N)(CO)COP(=O)(O)O)cc2C(F)(F)F)c1. The number of benzene rings is 2. The minimum absolute atomic E-state index is 0.0254. The minimum Gasteiger partial charge on any atom is -0.493 e. The molecule has 1 atom stereocenters. The molecule has 0 fully saturated rings. The molecule has 0 radical (unpaired) electrons. The first-order valence-electron chi connectivity index (χ1n) is 10.7. The van der Waals surface area contributed by atoms with E-state index in [0.717, 1.165) is 22.8 Å². The Labute approximate surface area is 196 Å². The largest absolute Gasteiger partial charge is 0.493 e. The molecule has 0 saturated heterocycles. The van der Waals surface area contributed by atoms with Crippen LogP contribution in [0.2, 0.25) is 0 Å². The van der Waals surface area contributed by atoms with Gasteiger partial charge < -0.3 is 25.4 Å². The smallest absolute Gasteiger partial charge is 0.469 e. The van der Waals surface area contributed by atoms with Gasteiger partial charge in [-0.25, -0.2) is 4.57 Å². The van der Waals surface area contributed by atoms with Crippen LogP contribution in [0, 0.1) is 13.8 Å². The van der Waals surface area contributed by atoms with Gasteiger partial charge in [0.2, 0.25) is 0 Å². The van der Waals surface area contributed by atoms with E-state index in [9.17, 15) is 22.8 Å². The first-order valence-corrected chi connectivity index (χ1v) is 12.2. The Bertz CT molecular complexity index is 1010. The number of nitrogens with two attached hydrogens (primary N) is 1. The zero-order chi connectivity index (χ0) is 25.6. The molecule has 1 unspecified atom stereocenters. The molecule has 5 N–H and O–H groups in total. The Morgan fingerprint density at radius 1 is 1.06 bits per heavy atom. The number of hydrogen-bond donors (Lipinski definition) is 4. The monoisotopic (exact) mass is 505 g/mol. The van der Waals surface area contributed by atoms with E-state index in [-0.39, 0.29) is 30.8 Å². The zero-order valence-electron chi connectivity index (χ0n) is 19.1. The summed E-state index contributed by atoms with van der Waals surface area (Å²) in [5, 5.41) is 9.47. The molecule has 11 heteroatoms. The molecule has 0 aromatic heterocycles. The summed E-state index contributed by atoms with van der Waals surface area (Å²) >= 11 is 0. The third-order valence-electron chi connectivity index (χ3n) is 5.45. The van der Waals surface area contributed by atoms with E-state index in [1.807, 2.05) is 26.0 Å². The van der Waals surface area contributed by atoms with Crippen molar-refractivity contribution in [3.63, 3.8) is 0 Å². The predicted molar refractivity (Wildman–Crippen MR) is 121 cm³/mol. The number of aryl methyl sites for hydroxylation is 4. The van der Waals surface area contributed by atoms with Crippen molar-refractivity contribution in [1.29, 1.82) is 0 Å². The predicted octanol–water partition coefficient (Wildman–Crippen LogP) is 4.07. The van der Waals surface area contributed by atoms with E-state index < -0.39 is 38.3 Å². The number of phosphoric acid groups is 1. The number of phosphoric ester groups is 1. The lowest BCUT2D eigenvalue weighted by atomic mass is 9.93. The van der Waals surface area contributed by atoms with Crippen molar-refractivity contribution in [3.05, 3.63) is 64.2 Å². The number of rotatable bonds is 12. The van der Waals surface area contributed by atoms with Gasteiger partial charge in [-0.05, 0) is 68.4 Å². The molecule has 0 bridgehead atoms. The molecular formula is C23H31F3NO6P. The molecule has 0 saturated carbocycles. The number of alkyl halides is 3. The number of aliphatic hydroxyl groups excluding tert-OH is 1. The van der Waals surface area contributed by atoms with E-state index in [0.29, 0.717) is 12.8 Å². The molecular weight excluding hydrogens is 474 g/mol. The summed E-state index contributed by atoms with van der Waals surface area (Å²) in [5.41, 5.74) is 7.10. The molecule has 2 aromatic carbocycles. The van der Waals surface area contributed by atoms with E-state index in [1.165, 1.54) is 12.1 Å². The maximum absolute atomic E-state index is 13.6. The van der Waals surface area contributed by atoms with Crippen LogP contribution in [0.25, 0.3) is 0 Å². The van der Waals surface area contributed by atoms with Crippen molar-refractivity contribution in [2.24, 2.45) is 5.73 Å². The zero-order valence-corrected chi connectivity index (χ0v) is 20.0. The van der Waals surface area contributed by atoms with E-state index >= 15 is 0 Å². The second-order valence-electron chi connectivity index (χ2n) is 8.49. The molecule has 34 heavy (non-hydrogen) atoms. The Kier molecular flexibility index (Phi) is 9.71. The highest BCUT2D eigenvalue weighted by molar-refractivity contribution is 7.46. The van der Waals surface area contributed by atoms with Crippen molar-refractivity contribution in [2.75, 3.05) is 19.8 Å². The molecule has 2 aromatic rings. The summed E-state index contributed by atoms with van der Waals surface area (Å²) < 4.78 is 61.6. The third-order valence-corrected chi connectivity index (χ3v) is 5.91. The highest BCUT2D eigenvalue weighted by Crippen LogP contribution is 2.38. The van der Waals surface area contributed by atoms with Crippen molar-refractivity contribution in [3.8, 4) is 5.75 Å². The minimum atomic E-state index is -4.80. The van der Waals surface area contributed by atoms with Crippen molar-refractivity contribution >= 4 is 7.82 Å². The summed E-state index contributed by atoms with van der Waals surface area (Å²) in [6.07, 6.45) is -3.44. The van der Waals surface area contributed by atoms with Crippen LogP contribution < -0.4 is 10.5 Å². The normalized spacial score (nSPS) is 14.1. The van der Waals surface area contributed by atoms with Crippen LogP contribution in [-0.4, -0.2) is 40.3 Å². The summed E-state index contributed by atoms with van der Waals surface area (Å²) in [5.74, 6) is -0.275. The molecule has 0 amide bonds. The van der Waals surface area contributed by atoms with Gasteiger partial charge in [0.25, 0.3) is 0 Å². The summed E-state index contributed by atoms with van der Waals surface area (Å²) in [6.45, 7) is 2.77. The van der Waals surface area contributed by atoms with Gasteiger partial charge in [0.05, 0.1) is 30.9 Å².